The normalized spacial score (nSPS) is 19.9. The molecule has 1 aromatic carbocycles. The number of aromatic nitrogens is 3. The SMILES string of the molecule is COc1cc(N2CCOCC2)ccc1Nc1nccc(-c2cnc3c(c2)C(C)(CO)CC3)n1. The van der Waals surface area contributed by atoms with E-state index in [1.165, 1.54) is 0 Å². The van der Waals surface area contributed by atoms with E-state index < -0.39 is 0 Å². The van der Waals surface area contributed by atoms with Gasteiger partial charge in [-0.05, 0) is 42.7 Å². The lowest BCUT2D eigenvalue weighted by Gasteiger charge is -2.29. The van der Waals surface area contributed by atoms with Gasteiger partial charge in [0.1, 0.15) is 5.75 Å². The summed E-state index contributed by atoms with van der Waals surface area (Å²) in [5.41, 5.74) is 5.51. The number of anilines is 3. The largest absolute Gasteiger partial charge is 0.494 e. The van der Waals surface area contributed by atoms with E-state index in [1.807, 2.05) is 24.4 Å². The maximum atomic E-state index is 9.91. The Hall–Kier alpha value is -3.23. The Labute approximate surface area is 193 Å². The Morgan fingerprint density at radius 3 is 2.82 bits per heavy atom. The Balaban J connectivity index is 1.40. The van der Waals surface area contributed by atoms with Gasteiger partial charge in [0, 0.05) is 53.9 Å². The highest BCUT2D eigenvalue weighted by Gasteiger charge is 2.35. The van der Waals surface area contributed by atoms with Gasteiger partial charge in [-0.1, -0.05) is 6.92 Å². The molecule has 1 fully saturated rings. The summed E-state index contributed by atoms with van der Waals surface area (Å²) in [6.45, 7) is 5.40. The van der Waals surface area contributed by atoms with E-state index in [4.69, 9.17) is 14.5 Å². The van der Waals surface area contributed by atoms with Crippen molar-refractivity contribution >= 4 is 17.3 Å². The van der Waals surface area contributed by atoms with Gasteiger partial charge in [-0.25, -0.2) is 9.97 Å². The Morgan fingerprint density at radius 1 is 1.18 bits per heavy atom. The van der Waals surface area contributed by atoms with Crippen LogP contribution in [0, 0.1) is 0 Å². The molecular weight excluding hydrogens is 418 g/mol. The highest BCUT2D eigenvalue weighted by Crippen LogP contribution is 2.39. The summed E-state index contributed by atoms with van der Waals surface area (Å²) in [7, 11) is 1.66. The molecular formula is C25H29N5O3. The van der Waals surface area contributed by atoms with Crippen LogP contribution in [0.4, 0.5) is 17.3 Å². The average Bonchev–Trinajstić information content (AvgIpc) is 3.21. The van der Waals surface area contributed by atoms with Crippen LogP contribution in [0.2, 0.25) is 0 Å². The zero-order valence-corrected chi connectivity index (χ0v) is 19.0. The van der Waals surface area contributed by atoms with Gasteiger partial charge in [-0.2, -0.15) is 0 Å². The average molecular weight is 448 g/mol. The molecule has 5 rings (SSSR count). The van der Waals surface area contributed by atoms with E-state index in [0.717, 1.165) is 78.8 Å². The molecule has 3 aromatic rings. The summed E-state index contributed by atoms with van der Waals surface area (Å²) < 4.78 is 11.1. The van der Waals surface area contributed by atoms with Crippen molar-refractivity contribution in [2.24, 2.45) is 0 Å². The number of benzene rings is 1. The minimum atomic E-state index is -0.248. The van der Waals surface area contributed by atoms with Crippen LogP contribution < -0.4 is 15.0 Å². The third-order valence-corrected chi connectivity index (χ3v) is 6.64. The first-order chi connectivity index (χ1) is 16.1. The number of methoxy groups -OCH3 is 1. The van der Waals surface area contributed by atoms with Gasteiger partial charge in [0.2, 0.25) is 5.95 Å². The van der Waals surface area contributed by atoms with E-state index in [9.17, 15) is 5.11 Å². The molecule has 8 nitrogen and oxygen atoms in total. The third-order valence-electron chi connectivity index (χ3n) is 6.64. The van der Waals surface area contributed by atoms with E-state index in [0.29, 0.717) is 5.95 Å². The summed E-state index contributed by atoms with van der Waals surface area (Å²) in [5, 5.41) is 13.2. The van der Waals surface area contributed by atoms with Crippen LogP contribution in [0.25, 0.3) is 11.3 Å². The molecule has 0 bridgehead atoms. The summed E-state index contributed by atoms with van der Waals surface area (Å²) in [4.78, 5) is 16.1. The molecule has 2 N–H and O–H groups in total. The number of morpholine rings is 1. The molecule has 1 aliphatic heterocycles. The number of nitrogens with zero attached hydrogens (tertiary/aromatic N) is 4. The molecule has 1 atom stereocenters. The van der Waals surface area contributed by atoms with Gasteiger partial charge in [0.25, 0.3) is 0 Å². The van der Waals surface area contributed by atoms with Crippen molar-refractivity contribution in [2.45, 2.75) is 25.2 Å². The minimum absolute atomic E-state index is 0.113. The molecule has 33 heavy (non-hydrogen) atoms. The van der Waals surface area contributed by atoms with Crippen molar-refractivity contribution in [1.82, 2.24) is 15.0 Å². The van der Waals surface area contributed by atoms with Gasteiger partial charge >= 0.3 is 0 Å². The van der Waals surface area contributed by atoms with E-state index in [1.54, 1.807) is 13.3 Å². The number of rotatable bonds is 6. The lowest BCUT2D eigenvalue weighted by atomic mass is 9.85. The van der Waals surface area contributed by atoms with E-state index >= 15 is 0 Å². The number of hydrogen-bond acceptors (Lipinski definition) is 8. The van der Waals surface area contributed by atoms with Gasteiger partial charge < -0.3 is 24.8 Å². The zero-order valence-electron chi connectivity index (χ0n) is 19.0. The Bertz CT molecular complexity index is 1150. The van der Waals surface area contributed by atoms with Crippen LogP contribution >= 0.6 is 0 Å². The number of aliphatic hydroxyl groups excluding tert-OH is 1. The number of ether oxygens (including phenoxy) is 2. The molecule has 1 aliphatic carbocycles. The van der Waals surface area contributed by atoms with Crippen molar-refractivity contribution in [3.63, 3.8) is 0 Å². The highest BCUT2D eigenvalue weighted by molar-refractivity contribution is 5.69. The van der Waals surface area contributed by atoms with Gasteiger partial charge in [0.05, 0.1) is 38.3 Å². The fourth-order valence-electron chi connectivity index (χ4n) is 4.55. The summed E-state index contributed by atoms with van der Waals surface area (Å²) in [5.74, 6) is 1.21. The molecule has 0 radical (unpaired) electrons. The predicted molar refractivity (Wildman–Crippen MR) is 127 cm³/mol. The molecule has 1 unspecified atom stereocenters. The fourth-order valence-corrected chi connectivity index (χ4v) is 4.55. The van der Waals surface area contributed by atoms with Crippen LogP contribution in [0.15, 0.2) is 42.7 Å². The highest BCUT2D eigenvalue weighted by atomic mass is 16.5. The van der Waals surface area contributed by atoms with Gasteiger partial charge in [-0.3, -0.25) is 4.98 Å². The number of pyridine rings is 1. The van der Waals surface area contributed by atoms with Crippen molar-refractivity contribution < 1.29 is 14.6 Å². The maximum Gasteiger partial charge on any atom is 0.227 e. The first-order valence-corrected chi connectivity index (χ1v) is 11.3. The van der Waals surface area contributed by atoms with Crippen molar-refractivity contribution in [2.75, 3.05) is 50.2 Å². The predicted octanol–water partition coefficient (Wildman–Crippen LogP) is 3.32. The third kappa shape index (κ3) is 4.24. The zero-order chi connectivity index (χ0) is 22.8. The molecule has 2 aliphatic rings. The van der Waals surface area contributed by atoms with Gasteiger partial charge in [0.15, 0.2) is 0 Å². The van der Waals surface area contributed by atoms with E-state index in [-0.39, 0.29) is 12.0 Å². The summed E-state index contributed by atoms with van der Waals surface area (Å²) in [6, 6.07) is 10.1. The number of hydrogen-bond donors (Lipinski definition) is 2. The first kappa shape index (κ1) is 21.6. The lowest BCUT2D eigenvalue weighted by Crippen LogP contribution is -2.36. The molecule has 3 heterocycles. The lowest BCUT2D eigenvalue weighted by molar-refractivity contribution is 0.122. The molecule has 0 spiro atoms. The van der Waals surface area contributed by atoms with E-state index in [2.05, 4.69) is 39.2 Å². The van der Waals surface area contributed by atoms with Crippen molar-refractivity contribution in [3.05, 3.63) is 54.0 Å². The van der Waals surface area contributed by atoms with Crippen LogP contribution in [0.1, 0.15) is 24.6 Å². The summed E-state index contributed by atoms with van der Waals surface area (Å²) in [6.07, 6.45) is 5.39. The topological polar surface area (TPSA) is 92.6 Å². The molecule has 1 saturated heterocycles. The number of fused-ring (bicyclic) bond motifs is 1. The second-order valence-electron chi connectivity index (χ2n) is 8.81. The maximum absolute atomic E-state index is 9.91. The number of nitrogens with one attached hydrogen (secondary N) is 1. The first-order valence-electron chi connectivity index (χ1n) is 11.3. The second kappa shape index (κ2) is 8.96. The van der Waals surface area contributed by atoms with Crippen LogP contribution in [-0.2, 0) is 16.6 Å². The molecule has 0 saturated carbocycles. The molecule has 8 heteroatoms. The Morgan fingerprint density at radius 2 is 2.03 bits per heavy atom. The standard InChI is InChI=1S/C25H29N5O3/c1-25(16-31)7-5-21-19(25)13-17(15-27-21)20-6-8-26-24(28-20)29-22-4-3-18(14-23(22)32-2)30-9-11-33-12-10-30/h3-4,6,8,13-15,31H,5,7,9-12,16H2,1-2H3,(H,26,28,29). The Kier molecular flexibility index (Phi) is 5.86. The smallest absolute Gasteiger partial charge is 0.227 e. The van der Waals surface area contributed by atoms with Gasteiger partial charge in [-0.15, -0.1) is 0 Å². The monoisotopic (exact) mass is 447 g/mol. The van der Waals surface area contributed by atoms with Crippen LogP contribution in [0.3, 0.4) is 0 Å². The minimum Gasteiger partial charge on any atom is -0.494 e. The van der Waals surface area contributed by atoms with Crippen LogP contribution in [0.5, 0.6) is 5.75 Å². The van der Waals surface area contributed by atoms with Crippen molar-refractivity contribution in [3.8, 4) is 17.0 Å². The van der Waals surface area contributed by atoms with Crippen molar-refractivity contribution in [1.29, 1.82) is 0 Å². The summed E-state index contributed by atoms with van der Waals surface area (Å²) >= 11 is 0. The van der Waals surface area contributed by atoms with Crippen LogP contribution in [-0.4, -0.2) is 60.1 Å². The molecule has 0 amide bonds. The fraction of sp³-hybridized carbons (Fsp3) is 0.400. The molecule has 2 aromatic heterocycles. The second-order valence-corrected chi connectivity index (χ2v) is 8.81. The quantitative estimate of drug-likeness (QED) is 0.595. The number of aliphatic hydroxyl groups is 1. The molecule has 172 valence electrons. The number of aryl methyl sites for hydroxylation is 1.